The number of anilines is 1. The summed E-state index contributed by atoms with van der Waals surface area (Å²) in [5, 5.41) is 5.97. The fraction of sp³-hybridized carbons (Fsp3) is 0.167. The van der Waals surface area contributed by atoms with Gasteiger partial charge >= 0.3 is 0 Å². The number of carbonyl (C=O) groups excluding carboxylic acids is 2. The Morgan fingerprint density at radius 3 is 2.18 bits per heavy atom. The maximum atomic E-state index is 12.7. The smallest absolute Gasteiger partial charge is 0.251 e. The third-order valence-electron chi connectivity index (χ3n) is 4.60. The molecule has 3 rings (SSSR count). The van der Waals surface area contributed by atoms with Crippen LogP contribution in [0.15, 0.2) is 78.9 Å². The van der Waals surface area contributed by atoms with Crippen LogP contribution in [0.25, 0.3) is 0 Å². The molecule has 4 nitrogen and oxygen atoms in total. The molecule has 0 aliphatic rings. The SMILES string of the molecule is Cc1ccc(C)c(NC(=O)C[C@@H](NC(=O)c2ccccc2)c2ccccc2)c1. The third-order valence-corrected chi connectivity index (χ3v) is 4.60. The zero-order chi connectivity index (χ0) is 19.9. The van der Waals surface area contributed by atoms with Gasteiger partial charge in [-0.05, 0) is 48.7 Å². The maximum Gasteiger partial charge on any atom is 0.251 e. The molecule has 0 spiro atoms. The monoisotopic (exact) mass is 372 g/mol. The average Bonchev–Trinajstić information content (AvgIpc) is 2.71. The molecule has 4 heteroatoms. The molecule has 0 fully saturated rings. The Labute approximate surface area is 165 Å². The highest BCUT2D eigenvalue weighted by molar-refractivity contribution is 5.96. The van der Waals surface area contributed by atoms with E-state index in [0.29, 0.717) is 5.56 Å². The number of aryl methyl sites for hydroxylation is 2. The average molecular weight is 372 g/mol. The van der Waals surface area contributed by atoms with Crippen LogP contribution in [-0.2, 0) is 4.79 Å². The van der Waals surface area contributed by atoms with Crippen molar-refractivity contribution in [1.29, 1.82) is 0 Å². The van der Waals surface area contributed by atoms with Gasteiger partial charge in [0.15, 0.2) is 0 Å². The lowest BCUT2D eigenvalue weighted by Crippen LogP contribution is -2.31. The summed E-state index contributed by atoms with van der Waals surface area (Å²) >= 11 is 0. The van der Waals surface area contributed by atoms with Crippen LogP contribution in [0.3, 0.4) is 0 Å². The summed E-state index contributed by atoms with van der Waals surface area (Å²) in [6.07, 6.45) is 0.149. The van der Waals surface area contributed by atoms with E-state index in [9.17, 15) is 9.59 Å². The topological polar surface area (TPSA) is 58.2 Å². The van der Waals surface area contributed by atoms with Crippen molar-refractivity contribution in [3.8, 4) is 0 Å². The summed E-state index contributed by atoms with van der Waals surface area (Å²) in [6, 6.07) is 24.1. The second-order valence-corrected chi connectivity index (χ2v) is 6.87. The first kappa shape index (κ1) is 19.4. The first-order valence-electron chi connectivity index (χ1n) is 9.31. The molecule has 2 N–H and O–H groups in total. The van der Waals surface area contributed by atoms with E-state index in [1.807, 2.05) is 80.6 Å². The van der Waals surface area contributed by atoms with Crippen molar-refractivity contribution in [2.24, 2.45) is 0 Å². The standard InChI is InChI=1S/C24H24N2O2/c1-17-13-14-18(2)21(15-17)25-23(27)16-22(19-9-5-3-6-10-19)26-24(28)20-11-7-4-8-12-20/h3-15,22H,16H2,1-2H3,(H,25,27)(H,26,28)/t22-/m1/s1. The molecule has 3 aromatic rings. The lowest BCUT2D eigenvalue weighted by Gasteiger charge is -2.19. The Bertz CT molecular complexity index is 953. The first-order chi connectivity index (χ1) is 13.5. The van der Waals surface area contributed by atoms with E-state index >= 15 is 0 Å². The molecule has 1 atom stereocenters. The number of rotatable bonds is 6. The van der Waals surface area contributed by atoms with Crippen LogP contribution in [0, 0.1) is 13.8 Å². The molecule has 0 aromatic heterocycles. The van der Waals surface area contributed by atoms with Crippen molar-refractivity contribution in [2.75, 3.05) is 5.32 Å². The lowest BCUT2D eigenvalue weighted by atomic mass is 10.0. The predicted molar refractivity (Wildman–Crippen MR) is 112 cm³/mol. The zero-order valence-corrected chi connectivity index (χ0v) is 16.1. The normalized spacial score (nSPS) is 11.5. The van der Waals surface area contributed by atoms with Gasteiger partial charge in [0.1, 0.15) is 0 Å². The van der Waals surface area contributed by atoms with Gasteiger partial charge < -0.3 is 10.6 Å². The van der Waals surface area contributed by atoms with E-state index in [-0.39, 0.29) is 18.2 Å². The molecular formula is C24H24N2O2. The number of amides is 2. The van der Waals surface area contributed by atoms with E-state index in [0.717, 1.165) is 22.4 Å². The molecule has 0 saturated heterocycles. The van der Waals surface area contributed by atoms with E-state index in [4.69, 9.17) is 0 Å². The second-order valence-electron chi connectivity index (χ2n) is 6.87. The van der Waals surface area contributed by atoms with E-state index in [1.54, 1.807) is 12.1 Å². The third kappa shape index (κ3) is 5.07. The number of benzene rings is 3. The van der Waals surface area contributed by atoms with Crippen molar-refractivity contribution in [1.82, 2.24) is 5.32 Å². The zero-order valence-electron chi connectivity index (χ0n) is 16.1. The molecule has 0 aliphatic heterocycles. The molecule has 2 amide bonds. The molecule has 0 bridgehead atoms. The highest BCUT2D eigenvalue weighted by Crippen LogP contribution is 2.21. The van der Waals surface area contributed by atoms with E-state index in [2.05, 4.69) is 10.6 Å². The molecule has 0 saturated carbocycles. The van der Waals surface area contributed by atoms with Crippen molar-refractivity contribution in [2.45, 2.75) is 26.3 Å². The summed E-state index contributed by atoms with van der Waals surface area (Å²) in [6.45, 7) is 3.95. The molecule has 3 aromatic carbocycles. The highest BCUT2D eigenvalue weighted by atomic mass is 16.2. The Hall–Kier alpha value is -3.40. The van der Waals surface area contributed by atoms with Crippen molar-refractivity contribution in [3.05, 3.63) is 101 Å². The van der Waals surface area contributed by atoms with Crippen LogP contribution in [-0.4, -0.2) is 11.8 Å². The Morgan fingerprint density at radius 1 is 0.857 bits per heavy atom. The molecule has 0 radical (unpaired) electrons. The van der Waals surface area contributed by atoms with Gasteiger partial charge in [0, 0.05) is 11.3 Å². The van der Waals surface area contributed by atoms with Crippen molar-refractivity contribution in [3.63, 3.8) is 0 Å². The van der Waals surface area contributed by atoms with E-state index < -0.39 is 6.04 Å². The number of hydrogen-bond acceptors (Lipinski definition) is 2. The van der Waals surface area contributed by atoms with Crippen LogP contribution >= 0.6 is 0 Å². The fourth-order valence-corrected chi connectivity index (χ4v) is 3.03. The van der Waals surface area contributed by atoms with Crippen LogP contribution in [0.4, 0.5) is 5.69 Å². The molecule has 0 unspecified atom stereocenters. The van der Waals surface area contributed by atoms with Crippen molar-refractivity contribution < 1.29 is 9.59 Å². The first-order valence-corrected chi connectivity index (χ1v) is 9.31. The van der Waals surface area contributed by atoms with Gasteiger partial charge in [0.05, 0.1) is 12.5 Å². The van der Waals surface area contributed by atoms with Gasteiger partial charge in [0.25, 0.3) is 5.91 Å². The predicted octanol–water partition coefficient (Wildman–Crippen LogP) is 4.80. The van der Waals surface area contributed by atoms with Crippen LogP contribution in [0.2, 0.25) is 0 Å². The quantitative estimate of drug-likeness (QED) is 0.653. The molecule has 0 heterocycles. The summed E-state index contributed by atoms with van der Waals surface area (Å²) in [5.41, 5.74) is 4.34. The summed E-state index contributed by atoms with van der Waals surface area (Å²) in [4.78, 5) is 25.3. The number of carbonyl (C=O) groups is 2. The van der Waals surface area contributed by atoms with Gasteiger partial charge in [-0.15, -0.1) is 0 Å². The van der Waals surface area contributed by atoms with Gasteiger partial charge in [-0.1, -0.05) is 60.7 Å². The molecule has 142 valence electrons. The second kappa shape index (κ2) is 9.00. The summed E-state index contributed by atoms with van der Waals surface area (Å²) < 4.78 is 0. The van der Waals surface area contributed by atoms with Gasteiger partial charge in [0.2, 0.25) is 5.91 Å². The Morgan fingerprint density at radius 2 is 1.50 bits per heavy atom. The number of nitrogens with one attached hydrogen (secondary N) is 2. The van der Waals surface area contributed by atoms with Gasteiger partial charge in [-0.2, -0.15) is 0 Å². The van der Waals surface area contributed by atoms with Crippen molar-refractivity contribution >= 4 is 17.5 Å². The Kier molecular flexibility index (Phi) is 6.22. The van der Waals surface area contributed by atoms with Gasteiger partial charge in [-0.3, -0.25) is 9.59 Å². The summed E-state index contributed by atoms with van der Waals surface area (Å²) in [7, 11) is 0. The highest BCUT2D eigenvalue weighted by Gasteiger charge is 2.19. The minimum absolute atomic E-state index is 0.143. The fourth-order valence-electron chi connectivity index (χ4n) is 3.03. The van der Waals surface area contributed by atoms with Crippen LogP contribution in [0.5, 0.6) is 0 Å². The molecule has 0 aliphatic carbocycles. The van der Waals surface area contributed by atoms with Crippen LogP contribution < -0.4 is 10.6 Å². The largest absolute Gasteiger partial charge is 0.345 e. The van der Waals surface area contributed by atoms with Crippen LogP contribution in [0.1, 0.15) is 39.5 Å². The minimum Gasteiger partial charge on any atom is -0.345 e. The van der Waals surface area contributed by atoms with E-state index in [1.165, 1.54) is 0 Å². The lowest BCUT2D eigenvalue weighted by molar-refractivity contribution is -0.116. The minimum atomic E-state index is -0.418. The molecule has 28 heavy (non-hydrogen) atoms. The number of hydrogen-bond donors (Lipinski definition) is 2. The summed E-state index contributed by atoms with van der Waals surface area (Å²) in [5.74, 6) is -0.343. The Balaban J connectivity index is 1.76. The van der Waals surface area contributed by atoms with Gasteiger partial charge in [-0.25, -0.2) is 0 Å². The maximum absolute atomic E-state index is 12.7. The molecular weight excluding hydrogens is 348 g/mol.